The number of nitrogens with one attached hydrogen (secondary N) is 1. The van der Waals surface area contributed by atoms with E-state index in [1.54, 1.807) is 11.3 Å². The summed E-state index contributed by atoms with van der Waals surface area (Å²) in [7, 11) is 0. The number of aromatic nitrogens is 1. The van der Waals surface area contributed by atoms with Gasteiger partial charge in [0.15, 0.2) is 5.96 Å². The molecule has 0 aliphatic carbocycles. The van der Waals surface area contributed by atoms with Crippen molar-refractivity contribution in [1.82, 2.24) is 15.2 Å². The van der Waals surface area contributed by atoms with E-state index >= 15 is 0 Å². The molecular formula is C19H32N4O2S. The van der Waals surface area contributed by atoms with Crippen LogP contribution in [0.5, 0.6) is 0 Å². The van der Waals surface area contributed by atoms with Gasteiger partial charge in [0.1, 0.15) is 6.10 Å². The van der Waals surface area contributed by atoms with E-state index in [9.17, 15) is 0 Å². The molecule has 1 N–H and O–H groups in total. The van der Waals surface area contributed by atoms with Gasteiger partial charge in [-0.2, -0.15) is 0 Å². The van der Waals surface area contributed by atoms with Crippen molar-refractivity contribution in [2.75, 3.05) is 32.8 Å². The van der Waals surface area contributed by atoms with E-state index in [-0.39, 0.29) is 12.2 Å². The third-order valence-corrected chi connectivity index (χ3v) is 5.68. The summed E-state index contributed by atoms with van der Waals surface area (Å²) in [6, 6.07) is 0. The SMILES string of the molecule is CCNC(=NCc1cnc(CC(C)C)s1)N1CCOC(C2CCCO2)C1. The van der Waals surface area contributed by atoms with Crippen molar-refractivity contribution in [3.8, 4) is 0 Å². The van der Waals surface area contributed by atoms with Crippen LogP contribution in [0.1, 0.15) is 43.5 Å². The first-order valence-electron chi connectivity index (χ1n) is 9.85. The van der Waals surface area contributed by atoms with E-state index in [2.05, 4.69) is 36.0 Å². The van der Waals surface area contributed by atoms with Gasteiger partial charge in [-0.3, -0.25) is 0 Å². The average molecular weight is 381 g/mol. The number of thiazole rings is 1. The van der Waals surface area contributed by atoms with Crippen molar-refractivity contribution in [3.63, 3.8) is 0 Å². The number of ether oxygens (including phenoxy) is 2. The second-order valence-corrected chi connectivity index (χ2v) is 8.59. The highest BCUT2D eigenvalue weighted by atomic mass is 32.1. The molecule has 2 fully saturated rings. The molecule has 26 heavy (non-hydrogen) atoms. The zero-order valence-corrected chi connectivity index (χ0v) is 17.1. The predicted molar refractivity (Wildman–Crippen MR) is 106 cm³/mol. The minimum absolute atomic E-state index is 0.149. The predicted octanol–water partition coefficient (Wildman–Crippen LogP) is 2.69. The molecule has 0 amide bonds. The molecule has 1 aromatic heterocycles. The molecule has 6 nitrogen and oxygen atoms in total. The van der Waals surface area contributed by atoms with Gasteiger partial charge in [0, 0.05) is 43.7 Å². The summed E-state index contributed by atoms with van der Waals surface area (Å²) < 4.78 is 11.8. The molecule has 146 valence electrons. The van der Waals surface area contributed by atoms with Crippen LogP contribution in [-0.2, 0) is 22.4 Å². The van der Waals surface area contributed by atoms with E-state index < -0.39 is 0 Å². The normalized spacial score (nSPS) is 24.5. The summed E-state index contributed by atoms with van der Waals surface area (Å²) in [4.78, 5) is 12.9. The van der Waals surface area contributed by atoms with Crippen LogP contribution in [0, 0.1) is 5.92 Å². The van der Waals surface area contributed by atoms with Crippen LogP contribution in [0.15, 0.2) is 11.2 Å². The first-order chi connectivity index (χ1) is 12.7. The van der Waals surface area contributed by atoms with Crippen molar-refractivity contribution in [1.29, 1.82) is 0 Å². The van der Waals surface area contributed by atoms with Gasteiger partial charge in [0.25, 0.3) is 0 Å². The lowest BCUT2D eigenvalue weighted by Gasteiger charge is -2.37. The molecule has 3 heterocycles. The summed E-state index contributed by atoms with van der Waals surface area (Å²) in [6.07, 6.45) is 5.65. The summed E-state index contributed by atoms with van der Waals surface area (Å²) in [5, 5.41) is 4.64. The van der Waals surface area contributed by atoms with Crippen molar-refractivity contribution >= 4 is 17.3 Å². The highest BCUT2D eigenvalue weighted by molar-refractivity contribution is 7.11. The Labute approximate surface area is 161 Å². The van der Waals surface area contributed by atoms with Crippen molar-refractivity contribution < 1.29 is 9.47 Å². The summed E-state index contributed by atoms with van der Waals surface area (Å²) in [5.41, 5.74) is 0. The third-order valence-electron chi connectivity index (χ3n) is 4.68. The smallest absolute Gasteiger partial charge is 0.194 e. The Hall–Kier alpha value is -1.18. The Balaban J connectivity index is 1.61. The largest absolute Gasteiger partial charge is 0.375 e. The standard InChI is InChI=1S/C19H32N4O2S/c1-4-20-19(22-12-15-11-21-18(26-15)10-14(2)3)23-7-9-25-17(13-23)16-6-5-8-24-16/h11,14,16-17H,4-10,12-13H2,1-3H3,(H,20,22). The van der Waals surface area contributed by atoms with Crippen LogP contribution in [0.25, 0.3) is 0 Å². The molecule has 2 saturated heterocycles. The van der Waals surface area contributed by atoms with Crippen molar-refractivity contribution in [2.24, 2.45) is 10.9 Å². The second-order valence-electron chi connectivity index (χ2n) is 7.40. The number of nitrogens with zero attached hydrogens (tertiary/aromatic N) is 3. The number of guanidine groups is 1. The van der Waals surface area contributed by atoms with E-state index in [1.165, 1.54) is 9.88 Å². The molecule has 7 heteroatoms. The van der Waals surface area contributed by atoms with E-state index in [0.29, 0.717) is 12.5 Å². The Morgan fingerprint density at radius 2 is 2.23 bits per heavy atom. The summed E-state index contributed by atoms with van der Waals surface area (Å²) in [6.45, 7) is 11.4. The maximum atomic E-state index is 5.97. The lowest BCUT2D eigenvalue weighted by molar-refractivity contribution is -0.0817. The topological polar surface area (TPSA) is 59.0 Å². The van der Waals surface area contributed by atoms with Gasteiger partial charge in [-0.25, -0.2) is 9.98 Å². The van der Waals surface area contributed by atoms with Crippen LogP contribution < -0.4 is 5.32 Å². The molecule has 2 atom stereocenters. The fraction of sp³-hybridized carbons (Fsp3) is 0.789. The minimum Gasteiger partial charge on any atom is -0.375 e. The molecule has 0 aromatic carbocycles. The number of hydrogen-bond donors (Lipinski definition) is 1. The van der Waals surface area contributed by atoms with Gasteiger partial charge in [-0.1, -0.05) is 13.8 Å². The van der Waals surface area contributed by atoms with E-state index in [4.69, 9.17) is 14.5 Å². The zero-order chi connectivity index (χ0) is 18.4. The quantitative estimate of drug-likeness (QED) is 0.607. The van der Waals surface area contributed by atoms with Crippen LogP contribution in [0.2, 0.25) is 0 Å². The minimum atomic E-state index is 0.149. The molecule has 2 unspecified atom stereocenters. The lowest BCUT2D eigenvalue weighted by atomic mass is 10.1. The molecule has 3 rings (SSSR count). The molecule has 0 saturated carbocycles. The van der Waals surface area contributed by atoms with Crippen LogP contribution in [0.4, 0.5) is 0 Å². The fourth-order valence-corrected chi connectivity index (χ4v) is 4.49. The van der Waals surface area contributed by atoms with Crippen LogP contribution >= 0.6 is 11.3 Å². The number of rotatable bonds is 6. The van der Waals surface area contributed by atoms with Gasteiger partial charge in [-0.05, 0) is 25.7 Å². The summed E-state index contributed by atoms with van der Waals surface area (Å²) >= 11 is 1.78. The van der Waals surface area contributed by atoms with Gasteiger partial charge in [0.2, 0.25) is 0 Å². The first kappa shape index (κ1) is 19.6. The second kappa shape index (κ2) is 9.67. The zero-order valence-electron chi connectivity index (χ0n) is 16.2. The van der Waals surface area contributed by atoms with E-state index in [1.807, 2.05) is 6.20 Å². The Bertz CT molecular complexity index is 584. The maximum absolute atomic E-state index is 5.97. The lowest BCUT2D eigenvalue weighted by Crippen LogP contribution is -2.53. The number of aliphatic imine (C=N–C) groups is 1. The molecule has 0 bridgehead atoms. The van der Waals surface area contributed by atoms with Gasteiger partial charge >= 0.3 is 0 Å². The van der Waals surface area contributed by atoms with Crippen LogP contribution in [0.3, 0.4) is 0 Å². The monoisotopic (exact) mass is 380 g/mol. The highest BCUT2D eigenvalue weighted by Crippen LogP contribution is 2.21. The highest BCUT2D eigenvalue weighted by Gasteiger charge is 2.32. The molecule has 0 spiro atoms. The molecular weight excluding hydrogens is 348 g/mol. The van der Waals surface area contributed by atoms with Gasteiger partial charge in [0.05, 0.1) is 24.3 Å². The summed E-state index contributed by atoms with van der Waals surface area (Å²) in [5.74, 6) is 1.61. The number of hydrogen-bond acceptors (Lipinski definition) is 5. The fourth-order valence-electron chi connectivity index (χ4n) is 3.43. The molecule has 1 aromatic rings. The van der Waals surface area contributed by atoms with Gasteiger partial charge < -0.3 is 19.7 Å². The van der Waals surface area contributed by atoms with E-state index in [0.717, 1.165) is 58.1 Å². The van der Waals surface area contributed by atoms with Crippen LogP contribution in [-0.4, -0.2) is 60.9 Å². The average Bonchev–Trinajstić information content (AvgIpc) is 3.30. The Kier molecular flexibility index (Phi) is 7.28. The molecule has 2 aliphatic heterocycles. The van der Waals surface area contributed by atoms with Crippen molar-refractivity contribution in [3.05, 3.63) is 16.1 Å². The van der Waals surface area contributed by atoms with Gasteiger partial charge in [-0.15, -0.1) is 11.3 Å². The Morgan fingerprint density at radius 3 is 2.96 bits per heavy atom. The molecule has 0 radical (unpaired) electrons. The maximum Gasteiger partial charge on any atom is 0.194 e. The first-order valence-corrected chi connectivity index (χ1v) is 10.7. The molecule has 2 aliphatic rings. The van der Waals surface area contributed by atoms with Crippen molar-refractivity contribution in [2.45, 2.75) is 58.8 Å². The number of morpholine rings is 1. The third kappa shape index (κ3) is 5.41. The Morgan fingerprint density at radius 1 is 1.38 bits per heavy atom.